The maximum absolute atomic E-state index is 5.64. The van der Waals surface area contributed by atoms with Gasteiger partial charge in [0.15, 0.2) is 0 Å². The van der Waals surface area contributed by atoms with Crippen molar-refractivity contribution in [1.82, 2.24) is 15.2 Å². The highest BCUT2D eigenvalue weighted by Gasteiger charge is 2.35. The lowest BCUT2D eigenvalue weighted by molar-refractivity contribution is 0.119. The molecule has 0 aliphatic carbocycles. The van der Waals surface area contributed by atoms with Crippen LogP contribution >= 0.6 is 0 Å². The molecular formula is C16H27N3O. The number of nitrogens with one attached hydrogen (secondary N) is 1. The standard InChI is InChI=1S/C16H27N3O/c1-3-17-12-16(8-11-20-14-16)13-19(2)10-7-15-6-4-5-9-18-15/h4-6,9,17H,3,7-8,10-14H2,1-2H3. The van der Waals surface area contributed by atoms with Crippen LogP contribution in [0.1, 0.15) is 19.0 Å². The van der Waals surface area contributed by atoms with Crippen LogP contribution in [0.25, 0.3) is 0 Å². The topological polar surface area (TPSA) is 37.4 Å². The predicted molar refractivity (Wildman–Crippen MR) is 81.9 cm³/mol. The summed E-state index contributed by atoms with van der Waals surface area (Å²) in [5, 5.41) is 3.49. The fourth-order valence-corrected chi connectivity index (χ4v) is 2.86. The second kappa shape index (κ2) is 7.72. The second-order valence-corrected chi connectivity index (χ2v) is 5.89. The molecule has 0 saturated carbocycles. The van der Waals surface area contributed by atoms with E-state index in [1.807, 2.05) is 12.3 Å². The van der Waals surface area contributed by atoms with E-state index in [-0.39, 0.29) is 5.41 Å². The van der Waals surface area contributed by atoms with Gasteiger partial charge in [-0.25, -0.2) is 0 Å². The van der Waals surface area contributed by atoms with E-state index in [9.17, 15) is 0 Å². The molecule has 2 heterocycles. The van der Waals surface area contributed by atoms with Crippen molar-refractivity contribution in [3.8, 4) is 0 Å². The Morgan fingerprint density at radius 2 is 2.35 bits per heavy atom. The van der Waals surface area contributed by atoms with Crippen LogP contribution in [0.4, 0.5) is 0 Å². The summed E-state index contributed by atoms with van der Waals surface area (Å²) in [6.07, 6.45) is 4.04. The van der Waals surface area contributed by atoms with Gasteiger partial charge >= 0.3 is 0 Å². The third-order valence-electron chi connectivity index (χ3n) is 4.02. The zero-order chi connectivity index (χ0) is 14.3. The van der Waals surface area contributed by atoms with Crippen molar-refractivity contribution < 1.29 is 4.74 Å². The van der Waals surface area contributed by atoms with Crippen LogP contribution in [0.15, 0.2) is 24.4 Å². The minimum Gasteiger partial charge on any atom is -0.381 e. The second-order valence-electron chi connectivity index (χ2n) is 5.89. The summed E-state index contributed by atoms with van der Waals surface area (Å²) < 4.78 is 5.64. The van der Waals surface area contributed by atoms with E-state index >= 15 is 0 Å². The van der Waals surface area contributed by atoms with E-state index in [2.05, 4.69) is 41.3 Å². The number of ether oxygens (including phenoxy) is 1. The lowest BCUT2D eigenvalue weighted by Crippen LogP contribution is -2.44. The Balaban J connectivity index is 1.81. The van der Waals surface area contributed by atoms with Gasteiger partial charge < -0.3 is 15.0 Å². The van der Waals surface area contributed by atoms with Crippen LogP contribution in [-0.2, 0) is 11.2 Å². The van der Waals surface area contributed by atoms with Gasteiger partial charge in [-0.3, -0.25) is 4.98 Å². The molecule has 0 bridgehead atoms. The molecule has 0 aromatic carbocycles. The maximum Gasteiger partial charge on any atom is 0.0547 e. The van der Waals surface area contributed by atoms with Crippen molar-refractivity contribution in [2.24, 2.45) is 5.41 Å². The number of likely N-dealkylation sites (N-methyl/N-ethyl adjacent to an activating group) is 1. The van der Waals surface area contributed by atoms with Crippen LogP contribution in [0.2, 0.25) is 0 Å². The summed E-state index contributed by atoms with van der Waals surface area (Å²) in [4.78, 5) is 6.80. The first-order chi connectivity index (χ1) is 9.74. The van der Waals surface area contributed by atoms with Gasteiger partial charge in [0.25, 0.3) is 0 Å². The molecule has 20 heavy (non-hydrogen) atoms. The zero-order valence-electron chi connectivity index (χ0n) is 12.8. The van der Waals surface area contributed by atoms with E-state index in [0.29, 0.717) is 0 Å². The number of hydrogen-bond donors (Lipinski definition) is 1. The van der Waals surface area contributed by atoms with Gasteiger partial charge in [-0.1, -0.05) is 13.0 Å². The summed E-state index contributed by atoms with van der Waals surface area (Å²) in [7, 11) is 2.20. The first-order valence-electron chi connectivity index (χ1n) is 7.61. The molecule has 4 nitrogen and oxygen atoms in total. The summed E-state index contributed by atoms with van der Waals surface area (Å²) >= 11 is 0. The fourth-order valence-electron chi connectivity index (χ4n) is 2.86. The number of nitrogens with zero attached hydrogens (tertiary/aromatic N) is 2. The Kier molecular flexibility index (Phi) is 5.95. The Morgan fingerprint density at radius 3 is 3.00 bits per heavy atom. The highest BCUT2D eigenvalue weighted by atomic mass is 16.5. The van der Waals surface area contributed by atoms with Gasteiger partial charge in [-0.2, -0.15) is 0 Å². The molecule has 1 saturated heterocycles. The number of pyridine rings is 1. The van der Waals surface area contributed by atoms with Gasteiger partial charge in [0, 0.05) is 50.0 Å². The molecule has 0 radical (unpaired) electrons. The molecule has 1 fully saturated rings. The third-order valence-corrected chi connectivity index (χ3v) is 4.02. The highest BCUT2D eigenvalue weighted by Crippen LogP contribution is 2.28. The average Bonchev–Trinajstić information content (AvgIpc) is 2.93. The molecule has 1 aromatic heterocycles. The maximum atomic E-state index is 5.64. The van der Waals surface area contributed by atoms with Crippen molar-refractivity contribution in [1.29, 1.82) is 0 Å². The van der Waals surface area contributed by atoms with Crippen molar-refractivity contribution in [3.05, 3.63) is 30.1 Å². The van der Waals surface area contributed by atoms with Gasteiger partial charge in [0.05, 0.1) is 6.61 Å². The molecule has 1 aliphatic rings. The summed E-state index contributed by atoms with van der Waals surface area (Å²) in [5.74, 6) is 0. The monoisotopic (exact) mass is 277 g/mol. The molecule has 1 N–H and O–H groups in total. The molecule has 4 heteroatoms. The highest BCUT2D eigenvalue weighted by molar-refractivity contribution is 5.03. The molecule has 0 spiro atoms. The van der Waals surface area contributed by atoms with Crippen LogP contribution < -0.4 is 5.32 Å². The Bertz CT molecular complexity index is 377. The Labute approximate surface area is 122 Å². The van der Waals surface area contributed by atoms with Gasteiger partial charge in [0.2, 0.25) is 0 Å². The smallest absolute Gasteiger partial charge is 0.0547 e. The fraction of sp³-hybridized carbons (Fsp3) is 0.688. The summed E-state index contributed by atoms with van der Waals surface area (Å²) in [6, 6.07) is 6.12. The van der Waals surface area contributed by atoms with E-state index in [1.54, 1.807) is 0 Å². The molecule has 1 unspecified atom stereocenters. The van der Waals surface area contributed by atoms with Gasteiger partial charge in [-0.05, 0) is 32.1 Å². The SMILES string of the molecule is CCNCC1(CN(C)CCc2ccccn2)CCOC1. The van der Waals surface area contributed by atoms with Gasteiger partial charge in [-0.15, -0.1) is 0 Å². The number of aromatic nitrogens is 1. The summed E-state index contributed by atoms with van der Waals surface area (Å²) in [5.41, 5.74) is 1.46. The molecule has 1 atom stereocenters. The van der Waals surface area contributed by atoms with E-state index in [4.69, 9.17) is 4.74 Å². The first kappa shape index (κ1) is 15.4. The normalized spacial score (nSPS) is 22.6. The predicted octanol–water partition coefficient (Wildman–Crippen LogP) is 1.57. The minimum atomic E-state index is 0.287. The van der Waals surface area contributed by atoms with Crippen molar-refractivity contribution in [2.45, 2.75) is 19.8 Å². The molecule has 1 aromatic rings. The number of rotatable bonds is 8. The van der Waals surface area contributed by atoms with Crippen LogP contribution in [0.3, 0.4) is 0 Å². The Morgan fingerprint density at radius 1 is 1.45 bits per heavy atom. The molecule has 0 amide bonds. The van der Waals surface area contributed by atoms with E-state index < -0.39 is 0 Å². The summed E-state index contributed by atoms with van der Waals surface area (Å²) in [6.45, 7) is 8.16. The largest absolute Gasteiger partial charge is 0.381 e. The quantitative estimate of drug-likeness (QED) is 0.783. The number of hydrogen-bond acceptors (Lipinski definition) is 4. The lowest BCUT2D eigenvalue weighted by atomic mass is 9.86. The van der Waals surface area contributed by atoms with Crippen LogP contribution in [0.5, 0.6) is 0 Å². The van der Waals surface area contributed by atoms with Crippen molar-refractivity contribution in [2.75, 3.05) is 46.4 Å². The van der Waals surface area contributed by atoms with Crippen molar-refractivity contribution >= 4 is 0 Å². The molecule has 112 valence electrons. The lowest BCUT2D eigenvalue weighted by Gasteiger charge is -2.32. The average molecular weight is 277 g/mol. The molecule has 2 rings (SSSR count). The van der Waals surface area contributed by atoms with E-state index in [1.165, 1.54) is 5.69 Å². The molecule has 1 aliphatic heterocycles. The first-order valence-corrected chi connectivity index (χ1v) is 7.61. The zero-order valence-corrected chi connectivity index (χ0v) is 12.8. The van der Waals surface area contributed by atoms with Crippen LogP contribution in [-0.4, -0.2) is 56.3 Å². The third kappa shape index (κ3) is 4.54. The molecular weight excluding hydrogens is 250 g/mol. The van der Waals surface area contributed by atoms with Gasteiger partial charge in [0.1, 0.15) is 0 Å². The minimum absolute atomic E-state index is 0.287. The van der Waals surface area contributed by atoms with Crippen LogP contribution in [0, 0.1) is 5.41 Å². The Hall–Kier alpha value is -0.970. The van der Waals surface area contributed by atoms with Crippen molar-refractivity contribution in [3.63, 3.8) is 0 Å². The van der Waals surface area contributed by atoms with E-state index in [0.717, 1.165) is 52.2 Å².